The summed E-state index contributed by atoms with van der Waals surface area (Å²) >= 11 is 1.71. The van der Waals surface area contributed by atoms with Gasteiger partial charge in [0.15, 0.2) is 0 Å². The van der Waals surface area contributed by atoms with E-state index in [1.54, 1.807) is 11.8 Å². The van der Waals surface area contributed by atoms with E-state index in [0.717, 1.165) is 34.7 Å². The quantitative estimate of drug-likeness (QED) is 0.816. The highest BCUT2D eigenvalue weighted by molar-refractivity contribution is 7.99. The SMILES string of the molecule is CCSc1cccc(N(CCO)C2CCCC2)c1C#N. The lowest BCUT2D eigenvalue weighted by Gasteiger charge is -2.31. The van der Waals surface area contributed by atoms with E-state index >= 15 is 0 Å². The number of nitriles is 1. The van der Waals surface area contributed by atoms with Crippen LogP contribution in [-0.4, -0.2) is 30.1 Å². The van der Waals surface area contributed by atoms with Crippen molar-refractivity contribution in [2.24, 2.45) is 0 Å². The summed E-state index contributed by atoms with van der Waals surface area (Å²) in [5.41, 5.74) is 1.76. The molecule has 20 heavy (non-hydrogen) atoms. The molecule has 108 valence electrons. The standard InChI is InChI=1S/C16H22N2OS/c1-2-20-16-9-5-8-15(14(16)12-17)18(10-11-19)13-6-3-4-7-13/h5,8-9,13,19H,2-4,6-7,10-11H2,1H3. The summed E-state index contributed by atoms with van der Waals surface area (Å²) in [5.74, 6) is 0.960. The number of rotatable bonds is 6. The van der Waals surface area contributed by atoms with Gasteiger partial charge in [0.25, 0.3) is 0 Å². The van der Waals surface area contributed by atoms with Crippen molar-refractivity contribution in [2.45, 2.75) is 43.5 Å². The van der Waals surface area contributed by atoms with Crippen LogP contribution in [0, 0.1) is 11.3 Å². The largest absolute Gasteiger partial charge is 0.395 e. The average Bonchev–Trinajstić information content (AvgIpc) is 2.99. The van der Waals surface area contributed by atoms with Crippen LogP contribution in [0.4, 0.5) is 5.69 Å². The van der Waals surface area contributed by atoms with Gasteiger partial charge in [0.1, 0.15) is 6.07 Å². The Hall–Kier alpha value is -1.18. The Morgan fingerprint density at radius 1 is 1.40 bits per heavy atom. The third-order valence-electron chi connectivity index (χ3n) is 3.83. The summed E-state index contributed by atoms with van der Waals surface area (Å²) in [6, 6.07) is 8.89. The van der Waals surface area contributed by atoms with Crippen molar-refractivity contribution < 1.29 is 5.11 Å². The lowest BCUT2D eigenvalue weighted by Crippen LogP contribution is -2.36. The molecule has 0 aromatic heterocycles. The minimum absolute atomic E-state index is 0.131. The molecule has 1 N–H and O–H groups in total. The summed E-state index contributed by atoms with van der Waals surface area (Å²) < 4.78 is 0. The Bertz CT molecular complexity index is 478. The molecule has 0 radical (unpaired) electrons. The zero-order valence-corrected chi connectivity index (χ0v) is 12.8. The normalized spacial score (nSPS) is 15.2. The highest BCUT2D eigenvalue weighted by atomic mass is 32.2. The second-order valence-electron chi connectivity index (χ2n) is 5.05. The van der Waals surface area contributed by atoms with Gasteiger partial charge in [-0.25, -0.2) is 0 Å². The van der Waals surface area contributed by atoms with Crippen molar-refractivity contribution in [1.82, 2.24) is 0 Å². The maximum Gasteiger partial charge on any atom is 0.103 e. The fraction of sp³-hybridized carbons (Fsp3) is 0.562. The third kappa shape index (κ3) is 3.28. The first-order chi connectivity index (χ1) is 9.81. The molecule has 0 spiro atoms. The van der Waals surface area contributed by atoms with Crippen molar-refractivity contribution in [2.75, 3.05) is 23.8 Å². The summed E-state index contributed by atoms with van der Waals surface area (Å²) in [7, 11) is 0. The van der Waals surface area contributed by atoms with Gasteiger partial charge in [-0.1, -0.05) is 25.8 Å². The van der Waals surface area contributed by atoms with Gasteiger partial charge < -0.3 is 10.0 Å². The van der Waals surface area contributed by atoms with Crippen LogP contribution in [0.1, 0.15) is 38.2 Å². The van der Waals surface area contributed by atoms with Crippen LogP contribution in [-0.2, 0) is 0 Å². The second kappa shape index (κ2) is 7.56. The first kappa shape index (κ1) is 15.2. The predicted octanol–water partition coefficient (Wildman–Crippen LogP) is 3.41. The minimum Gasteiger partial charge on any atom is -0.395 e. The van der Waals surface area contributed by atoms with E-state index in [2.05, 4.69) is 17.9 Å². The van der Waals surface area contributed by atoms with E-state index in [0.29, 0.717) is 12.6 Å². The number of hydrogen-bond donors (Lipinski definition) is 1. The highest BCUT2D eigenvalue weighted by Gasteiger charge is 2.25. The van der Waals surface area contributed by atoms with Gasteiger partial charge in [0.2, 0.25) is 0 Å². The van der Waals surface area contributed by atoms with Crippen LogP contribution in [0.15, 0.2) is 23.1 Å². The van der Waals surface area contributed by atoms with E-state index in [1.807, 2.05) is 18.2 Å². The lowest BCUT2D eigenvalue weighted by molar-refractivity contribution is 0.297. The Kier molecular flexibility index (Phi) is 5.75. The predicted molar refractivity (Wildman–Crippen MR) is 84.2 cm³/mol. The molecule has 1 aromatic rings. The molecular weight excluding hydrogens is 268 g/mol. The molecule has 0 heterocycles. The van der Waals surface area contributed by atoms with Crippen LogP contribution in [0.5, 0.6) is 0 Å². The molecule has 0 bridgehead atoms. The van der Waals surface area contributed by atoms with Crippen LogP contribution < -0.4 is 4.90 Å². The van der Waals surface area contributed by atoms with Crippen molar-refractivity contribution >= 4 is 17.4 Å². The van der Waals surface area contributed by atoms with Gasteiger partial charge in [-0.3, -0.25) is 0 Å². The first-order valence-corrected chi connectivity index (χ1v) is 8.33. The van der Waals surface area contributed by atoms with Gasteiger partial charge in [0, 0.05) is 17.5 Å². The van der Waals surface area contributed by atoms with E-state index in [9.17, 15) is 10.4 Å². The summed E-state index contributed by atoms with van der Waals surface area (Å²) in [6.45, 7) is 2.84. The molecule has 3 nitrogen and oxygen atoms in total. The van der Waals surface area contributed by atoms with Crippen LogP contribution in [0.3, 0.4) is 0 Å². The molecule has 2 rings (SSSR count). The number of aliphatic hydroxyl groups is 1. The summed E-state index contributed by atoms with van der Waals surface area (Å²) in [4.78, 5) is 3.29. The number of nitrogens with zero attached hydrogens (tertiary/aromatic N) is 2. The van der Waals surface area contributed by atoms with Crippen molar-refractivity contribution in [3.8, 4) is 6.07 Å². The molecule has 1 saturated carbocycles. The Morgan fingerprint density at radius 2 is 2.15 bits per heavy atom. The van der Waals surface area contributed by atoms with Gasteiger partial charge in [-0.05, 0) is 30.7 Å². The molecule has 0 unspecified atom stereocenters. The van der Waals surface area contributed by atoms with Gasteiger partial charge >= 0.3 is 0 Å². The van der Waals surface area contributed by atoms with E-state index < -0.39 is 0 Å². The minimum atomic E-state index is 0.131. The number of thioether (sulfide) groups is 1. The van der Waals surface area contributed by atoms with Crippen LogP contribution >= 0.6 is 11.8 Å². The molecule has 0 aliphatic heterocycles. The van der Waals surface area contributed by atoms with Crippen molar-refractivity contribution in [1.29, 1.82) is 5.26 Å². The summed E-state index contributed by atoms with van der Waals surface area (Å²) in [6.07, 6.45) is 4.82. The number of aliphatic hydroxyl groups excluding tert-OH is 1. The average molecular weight is 290 g/mol. The van der Waals surface area contributed by atoms with Crippen LogP contribution in [0.25, 0.3) is 0 Å². The second-order valence-corrected chi connectivity index (χ2v) is 6.36. The summed E-state index contributed by atoms with van der Waals surface area (Å²) in [5, 5.41) is 18.9. The molecular formula is C16H22N2OS. The molecule has 4 heteroatoms. The Labute approximate surface area is 125 Å². The van der Waals surface area contributed by atoms with Gasteiger partial charge in [-0.2, -0.15) is 5.26 Å². The molecule has 1 fully saturated rings. The Balaban J connectivity index is 2.36. The molecule has 0 amide bonds. The van der Waals surface area contributed by atoms with E-state index in [4.69, 9.17) is 0 Å². The van der Waals surface area contributed by atoms with Crippen molar-refractivity contribution in [3.05, 3.63) is 23.8 Å². The maximum absolute atomic E-state index is 9.53. The smallest absolute Gasteiger partial charge is 0.103 e. The fourth-order valence-corrected chi connectivity index (χ4v) is 3.75. The van der Waals surface area contributed by atoms with Gasteiger partial charge in [-0.15, -0.1) is 11.8 Å². The molecule has 0 saturated heterocycles. The topological polar surface area (TPSA) is 47.3 Å². The zero-order valence-electron chi connectivity index (χ0n) is 12.0. The number of anilines is 1. The zero-order chi connectivity index (χ0) is 14.4. The van der Waals surface area contributed by atoms with E-state index in [1.165, 1.54) is 12.8 Å². The monoisotopic (exact) mass is 290 g/mol. The van der Waals surface area contributed by atoms with Gasteiger partial charge in [0.05, 0.1) is 17.9 Å². The fourth-order valence-electron chi connectivity index (χ4n) is 2.97. The number of hydrogen-bond acceptors (Lipinski definition) is 4. The molecule has 1 aromatic carbocycles. The van der Waals surface area contributed by atoms with Crippen molar-refractivity contribution in [3.63, 3.8) is 0 Å². The van der Waals surface area contributed by atoms with Crippen LogP contribution in [0.2, 0.25) is 0 Å². The maximum atomic E-state index is 9.53. The molecule has 1 aliphatic carbocycles. The Morgan fingerprint density at radius 3 is 2.75 bits per heavy atom. The third-order valence-corrected chi connectivity index (χ3v) is 4.77. The lowest BCUT2D eigenvalue weighted by atomic mass is 10.1. The highest BCUT2D eigenvalue weighted by Crippen LogP contribution is 2.34. The van der Waals surface area contributed by atoms with E-state index in [-0.39, 0.29) is 6.61 Å². The first-order valence-electron chi connectivity index (χ1n) is 7.35. The molecule has 0 atom stereocenters. The molecule has 1 aliphatic rings. The number of benzene rings is 1.